The molecule has 0 amide bonds. The number of para-hydroxylation sites is 1. The van der Waals surface area contributed by atoms with E-state index < -0.39 is 61.4 Å². The van der Waals surface area contributed by atoms with Gasteiger partial charge in [0.25, 0.3) is 11.4 Å². The smallest absolute Gasteiger partial charge is 0.459 e. The number of carbonyl (C=O) groups excluding carboxylic acids is 1. The second-order valence-corrected chi connectivity index (χ2v) is 12.3. The van der Waals surface area contributed by atoms with Crippen molar-refractivity contribution < 1.29 is 42.5 Å². The first-order chi connectivity index (χ1) is 18.0. The van der Waals surface area contributed by atoms with E-state index in [1.807, 2.05) is 25.8 Å². The van der Waals surface area contributed by atoms with Gasteiger partial charge in [-0.05, 0) is 31.4 Å². The predicted octanol–water partition coefficient (Wildman–Crippen LogP) is 1.61. The Kier molecular flexibility index (Phi) is 8.90. The van der Waals surface area contributed by atoms with Gasteiger partial charge >= 0.3 is 19.4 Å². The molecule has 1 aromatic carbocycles. The molecule has 15 heteroatoms. The van der Waals surface area contributed by atoms with E-state index in [0.717, 1.165) is 19.2 Å². The van der Waals surface area contributed by atoms with E-state index in [1.165, 1.54) is 19.1 Å². The Labute approximate surface area is 223 Å². The minimum absolute atomic E-state index is 0.0501. The maximum atomic E-state index is 15.9. The third-order valence-electron chi connectivity index (χ3n) is 5.63. The Balaban J connectivity index is 1.83. The number of rotatable bonds is 10. The summed E-state index contributed by atoms with van der Waals surface area (Å²) in [7, 11) is -4.57. The number of aromatic amines is 1. The van der Waals surface area contributed by atoms with Crippen molar-refractivity contribution in [2.75, 3.05) is 13.2 Å². The molecule has 1 aromatic heterocycles. The number of alkyl halides is 1. The lowest BCUT2D eigenvalue weighted by Gasteiger charge is -2.29. The van der Waals surface area contributed by atoms with Crippen LogP contribution in [0.1, 0.15) is 40.8 Å². The minimum Gasteiger partial charge on any atom is -0.464 e. The molecule has 1 aliphatic heterocycles. The van der Waals surface area contributed by atoms with E-state index >= 15 is 4.39 Å². The van der Waals surface area contributed by atoms with Crippen molar-refractivity contribution in [3.8, 4) is 5.75 Å². The van der Waals surface area contributed by atoms with Crippen LogP contribution in [0, 0.1) is 5.41 Å². The van der Waals surface area contributed by atoms with Crippen LogP contribution in [-0.2, 0) is 23.4 Å². The zero-order valence-corrected chi connectivity index (χ0v) is 23.0. The average Bonchev–Trinajstić information content (AvgIpc) is 3.02. The van der Waals surface area contributed by atoms with E-state index in [4.69, 9.17) is 18.5 Å². The topological polar surface area (TPSA) is 178 Å². The number of aromatic nitrogens is 2. The Hall–Kier alpha value is -2.87. The van der Waals surface area contributed by atoms with E-state index in [0.29, 0.717) is 4.57 Å². The average molecular weight is 574 g/mol. The number of nitrogens with one attached hydrogen (secondary N) is 2. The number of halogens is 1. The molecule has 216 valence electrons. The molecule has 6 atom stereocenters. The molecule has 2 heterocycles. The Morgan fingerprint density at radius 1 is 1.28 bits per heavy atom. The van der Waals surface area contributed by atoms with Crippen molar-refractivity contribution in [3.05, 3.63) is 63.4 Å². The largest absolute Gasteiger partial charge is 0.464 e. The third-order valence-corrected chi connectivity index (χ3v) is 7.25. The summed E-state index contributed by atoms with van der Waals surface area (Å²) in [6, 6.07) is 7.40. The van der Waals surface area contributed by atoms with Crippen LogP contribution in [0.3, 0.4) is 0 Å². The van der Waals surface area contributed by atoms with Crippen LogP contribution in [0.4, 0.5) is 4.39 Å². The van der Waals surface area contributed by atoms with Crippen LogP contribution >= 0.6 is 7.75 Å². The monoisotopic (exact) mass is 573 g/mol. The number of aliphatic hydroxyl groups excluding tert-OH is 1. The second kappa shape index (κ2) is 11.3. The lowest BCUT2D eigenvalue weighted by atomic mass is 9.95. The van der Waals surface area contributed by atoms with Crippen LogP contribution in [0.25, 0.3) is 0 Å². The number of aliphatic hydroxyl groups is 2. The lowest BCUT2D eigenvalue weighted by Crippen LogP contribution is -2.50. The highest BCUT2D eigenvalue weighted by Gasteiger charge is 2.63. The van der Waals surface area contributed by atoms with Gasteiger partial charge in [0.1, 0.15) is 30.1 Å². The number of H-pyrrole nitrogens is 1. The fraction of sp³-hybridized carbons (Fsp3) is 0.542. The first-order valence-electron chi connectivity index (χ1n) is 12.0. The standard InChI is InChI=1S/C24H33FN3O10P/c1-15(18(30)35-13-22(2,3)4)27-39(34,38-16-9-7-6-8-10-16)36-14-24(25)19(31)23(5,33)20(37-24)28-12-11-17(29)26-21(28)32/h6-12,15,19-20,31,33H,13-14H2,1-5H3,(H,27,34)(H,26,29,32)/t15-,19-,20+,23+,24+,39?/m0/s1. The SMILES string of the molecule is C[C@H](NP(=O)(OC[C@@]1(F)O[C@@H](n2ccc(=O)[nH]c2=O)[C@](C)(O)[C@@H]1O)Oc1ccccc1)C(=O)OCC(C)(C)C. The molecule has 0 radical (unpaired) electrons. The van der Waals surface area contributed by atoms with Gasteiger partial charge in [-0.15, -0.1) is 0 Å². The molecule has 0 aliphatic carbocycles. The van der Waals surface area contributed by atoms with E-state index in [1.54, 1.807) is 18.2 Å². The molecule has 0 spiro atoms. The summed E-state index contributed by atoms with van der Waals surface area (Å²) in [5.41, 5.74) is -4.52. The lowest BCUT2D eigenvalue weighted by molar-refractivity contribution is -0.204. The highest BCUT2D eigenvalue weighted by Crippen LogP contribution is 2.50. The molecule has 1 aliphatic rings. The number of hydrogen-bond acceptors (Lipinski definition) is 10. The molecule has 1 unspecified atom stereocenters. The molecule has 0 saturated carbocycles. The fourth-order valence-electron chi connectivity index (χ4n) is 3.59. The van der Waals surface area contributed by atoms with E-state index in [2.05, 4.69) is 5.09 Å². The molecular formula is C24H33FN3O10P. The van der Waals surface area contributed by atoms with Gasteiger partial charge in [-0.2, -0.15) is 5.09 Å². The second-order valence-electron chi connectivity index (χ2n) is 10.6. The van der Waals surface area contributed by atoms with Crippen molar-refractivity contribution in [2.24, 2.45) is 5.41 Å². The van der Waals surface area contributed by atoms with E-state index in [-0.39, 0.29) is 17.8 Å². The van der Waals surface area contributed by atoms with Crippen LogP contribution in [0.15, 0.2) is 52.2 Å². The van der Waals surface area contributed by atoms with E-state index in [9.17, 15) is 29.2 Å². The predicted molar refractivity (Wildman–Crippen MR) is 136 cm³/mol. The molecular weight excluding hydrogens is 540 g/mol. The number of nitrogens with zero attached hydrogens (tertiary/aromatic N) is 1. The van der Waals surface area contributed by atoms with Crippen LogP contribution in [0.5, 0.6) is 5.75 Å². The Morgan fingerprint density at radius 2 is 1.92 bits per heavy atom. The number of benzene rings is 1. The van der Waals surface area contributed by atoms with Crippen LogP contribution < -0.4 is 20.9 Å². The quantitative estimate of drug-likeness (QED) is 0.240. The first-order valence-corrected chi connectivity index (χ1v) is 13.5. The Morgan fingerprint density at radius 3 is 2.51 bits per heavy atom. The van der Waals surface area contributed by atoms with Crippen molar-refractivity contribution in [1.29, 1.82) is 0 Å². The third kappa shape index (κ3) is 7.41. The van der Waals surface area contributed by atoms with Gasteiger partial charge < -0.3 is 24.2 Å². The molecule has 1 fully saturated rings. The molecule has 39 heavy (non-hydrogen) atoms. The molecule has 2 aromatic rings. The van der Waals surface area contributed by atoms with Gasteiger partial charge in [0.05, 0.1) is 6.61 Å². The minimum atomic E-state index is -4.57. The summed E-state index contributed by atoms with van der Waals surface area (Å²) in [5, 5.41) is 23.8. The fourth-order valence-corrected chi connectivity index (χ4v) is 5.09. The summed E-state index contributed by atoms with van der Waals surface area (Å²) in [6.45, 7) is 6.69. The van der Waals surface area contributed by atoms with Crippen LogP contribution in [0.2, 0.25) is 0 Å². The van der Waals surface area contributed by atoms with Crippen molar-refractivity contribution in [2.45, 2.75) is 64.4 Å². The number of carbonyl (C=O) groups is 1. The number of ether oxygens (including phenoxy) is 2. The van der Waals surface area contributed by atoms with Gasteiger partial charge in [0.2, 0.25) is 0 Å². The summed E-state index contributed by atoms with van der Waals surface area (Å²) in [5.74, 6) is -3.94. The summed E-state index contributed by atoms with van der Waals surface area (Å²) in [4.78, 5) is 38.0. The maximum Gasteiger partial charge on any atom is 0.459 e. The maximum absolute atomic E-state index is 15.9. The Bertz CT molecular complexity index is 1330. The molecule has 0 bridgehead atoms. The van der Waals surface area contributed by atoms with Crippen LogP contribution in [-0.4, -0.2) is 62.5 Å². The number of hydrogen-bond donors (Lipinski definition) is 4. The highest BCUT2D eigenvalue weighted by atomic mass is 31.2. The number of esters is 1. The normalized spacial score (nSPS) is 27.5. The van der Waals surface area contributed by atoms with Gasteiger partial charge in [-0.25, -0.2) is 13.8 Å². The molecule has 3 rings (SSSR count). The van der Waals surface area contributed by atoms with Gasteiger partial charge in [-0.3, -0.25) is 23.7 Å². The summed E-state index contributed by atoms with van der Waals surface area (Å²) >= 11 is 0. The zero-order chi connectivity index (χ0) is 29.2. The van der Waals surface area contributed by atoms with Gasteiger partial charge in [0.15, 0.2) is 6.23 Å². The van der Waals surface area contributed by atoms with Crippen molar-refractivity contribution in [3.63, 3.8) is 0 Å². The van der Waals surface area contributed by atoms with Crippen molar-refractivity contribution >= 4 is 13.7 Å². The van der Waals surface area contributed by atoms with Gasteiger partial charge in [0, 0.05) is 12.3 Å². The molecule has 13 nitrogen and oxygen atoms in total. The highest BCUT2D eigenvalue weighted by molar-refractivity contribution is 7.52. The molecule has 1 saturated heterocycles. The summed E-state index contributed by atoms with van der Waals surface area (Å²) < 4.78 is 51.5. The summed E-state index contributed by atoms with van der Waals surface area (Å²) in [6.07, 6.45) is -3.16. The molecule has 4 N–H and O–H groups in total. The van der Waals surface area contributed by atoms with Gasteiger partial charge in [-0.1, -0.05) is 39.0 Å². The first kappa shape index (κ1) is 30.7. The zero-order valence-electron chi connectivity index (χ0n) is 22.1. The van der Waals surface area contributed by atoms with Crippen molar-refractivity contribution in [1.82, 2.24) is 14.6 Å².